The summed E-state index contributed by atoms with van der Waals surface area (Å²) >= 11 is 0. The molecular formula is C11H7FO2. The van der Waals surface area contributed by atoms with Crippen LogP contribution in [0.1, 0.15) is 5.56 Å². The van der Waals surface area contributed by atoms with Crippen molar-refractivity contribution in [2.45, 2.75) is 0 Å². The first-order chi connectivity index (χ1) is 6.81. The molecule has 70 valence electrons. The fourth-order valence-corrected chi connectivity index (χ4v) is 1.29. The number of carbonyl (C=O) groups is 1. The summed E-state index contributed by atoms with van der Waals surface area (Å²) in [4.78, 5) is 10.1. The van der Waals surface area contributed by atoms with Gasteiger partial charge in [-0.05, 0) is 24.3 Å². The maximum Gasteiger partial charge on any atom is 0.142 e. The highest BCUT2D eigenvalue weighted by Gasteiger charge is 2.03. The number of carbonyl (C=O) groups excluding carboxylic acids is 1. The van der Waals surface area contributed by atoms with E-state index in [1.54, 1.807) is 12.1 Å². The molecule has 0 unspecified atom stereocenters. The summed E-state index contributed by atoms with van der Waals surface area (Å²) in [6.07, 6.45) is 5.16. The van der Waals surface area contributed by atoms with E-state index >= 15 is 0 Å². The lowest BCUT2D eigenvalue weighted by Gasteiger charge is -1.89. The molecule has 1 aromatic heterocycles. The number of benzene rings is 1. The van der Waals surface area contributed by atoms with E-state index in [4.69, 9.17) is 4.42 Å². The fourth-order valence-electron chi connectivity index (χ4n) is 1.29. The average Bonchev–Trinajstić information content (AvgIpc) is 2.57. The Morgan fingerprint density at radius 3 is 3.00 bits per heavy atom. The third kappa shape index (κ3) is 1.44. The third-order valence-electron chi connectivity index (χ3n) is 1.92. The molecule has 2 nitrogen and oxygen atoms in total. The summed E-state index contributed by atoms with van der Waals surface area (Å²) in [6.45, 7) is 0. The van der Waals surface area contributed by atoms with Crippen LogP contribution in [0.5, 0.6) is 0 Å². The summed E-state index contributed by atoms with van der Waals surface area (Å²) in [5, 5.41) is 0.796. The zero-order chi connectivity index (χ0) is 9.97. The van der Waals surface area contributed by atoms with Crippen LogP contribution in [0.15, 0.2) is 35.0 Å². The Hall–Kier alpha value is -1.90. The van der Waals surface area contributed by atoms with Crippen molar-refractivity contribution in [3.63, 3.8) is 0 Å². The predicted octanol–water partition coefficient (Wildman–Crippen LogP) is 2.78. The van der Waals surface area contributed by atoms with Crippen molar-refractivity contribution in [2.24, 2.45) is 0 Å². The van der Waals surface area contributed by atoms with Gasteiger partial charge in [-0.25, -0.2) is 4.39 Å². The molecule has 3 heteroatoms. The molecule has 0 radical (unpaired) electrons. The van der Waals surface area contributed by atoms with Crippen LogP contribution in [0.3, 0.4) is 0 Å². The van der Waals surface area contributed by atoms with E-state index in [9.17, 15) is 9.18 Å². The first kappa shape index (κ1) is 8.69. The van der Waals surface area contributed by atoms with Gasteiger partial charge in [0.15, 0.2) is 0 Å². The van der Waals surface area contributed by atoms with Crippen LogP contribution in [-0.2, 0) is 4.79 Å². The Labute approximate surface area is 79.6 Å². The third-order valence-corrected chi connectivity index (χ3v) is 1.92. The minimum atomic E-state index is -0.335. The quantitative estimate of drug-likeness (QED) is 0.538. The largest absolute Gasteiger partial charge is 0.464 e. The number of hydrogen-bond donors (Lipinski definition) is 0. The summed E-state index contributed by atoms with van der Waals surface area (Å²) in [5.41, 5.74) is 1.25. The zero-order valence-electron chi connectivity index (χ0n) is 7.24. The lowest BCUT2D eigenvalue weighted by atomic mass is 10.1. The van der Waals surface area contributed by atoms with Crippen LogP contribution in [0.25, 0.3) is 17.0 Å². The van der Waals surface area contributed by atoms with Crippen LogP contribution in [0.4, 0.5) is 4.39 Å². The minimum absolute atomic E-state index is 0.335. The molecule has 0 spiro atoms. The van der Waals surface area contributed by atoms with Crippen LogP contribution >= 0.6 is 0 Å². The van der Waals surface area contributed by atoms with Crippen molar-refractivity contribution in [3.05, 3.63) is 41.9 Å². The summed E-state index contributed by atoms with van der Waals surface area (Å²) in [6, 6.07) is 4.29. The maximum absolute atomic E-state index is 12.8. The molecule has 0 aliphatic rings. The number of rotatable bonds is 2. The van der Waals surface area contributed by atoms with Gasteiger partial charge in [0, 0.05) is 17.0 Å². The van der Waals surface area contributed by atoms with E-state index in [0.29, 0.717) is 11.9 Å². The standard InChI is InChI=1S/C11H7FO2/c12-9-3-4-10-8(2-1-5-13)7-14-11(10)6-9/h1-7H/b2-1+. The predicted molar refractivity (Wildman–Crippen MR) is 51.3 cm³/mol. The highest BCUT2D eigenvalue weighted by atomic mass is 19.1. The highest BCUT2D eigenvalue weighted by molar-refractivity contribution is 5.89. The fraction of sp³-hybridized carbons (Fsp3) is 0. The van der Waals surface area contributed by atoms with Gasteiger partial charge in [-0.3, -0.25) is 4.79 Å². The lowest BCUT2D eigenvalue weighted by molar-refractivity contribution is -0.104. The van der Waals surface area contributed by atoms with Gasteiger partial charge in [0.1, 0.15) is 17.7 Å². The molecule has 0 saturated carbocycles. The minimum Gasteiger partial charge on any atom is -0.464 e. The number of allylic oxidation sites excluding steroid dienone is 1. The van der Waals surface area contributed by atoms with Crippen molar-refractivity contribution in [3.8, 4) is 0 Å². The van der Waals surface area contributed by atoms with Gasteiger partial charge < -0.3 is 4.42 Å². The molecule has 1 heterocycles. The van der Waals surface area contributed by atoms with Crippen LogP contribution in [0.2, 0.25) is 0 Å². The van der Waals surface area contributed by atoms with Gasteiger partial charge in [0.05, 0.1) is 6.26 Å². The Morgan fingerprint density at radius 1 is 1.36 bits per heavy atom. The Bertz CT molecular complexity index is 497. The number of furan rings is 1. The average molecular weight is 190 g/mol. The molecule has 0 saturated heterocycles. The Balaban J connectivity index is 2.58. The topological polar surface area (TPSA) is 30.2 Å². The van der Waals surface area contributed by atoms with Crippen LogP contribution < -0.4 is 0 Å². The molecular weight excluding hydrogens is 183 g/mol. The van der Waals surface area contributed by atoms with Gasteiger partial charge in [-0.2, -0.15) is 0 Å². The molecule has 0 amide bonds. The Kier molecular flexibility index (Phi) is 2.14. The second-order valence-corrected chi connectivity index (χ2v) is 2.83. The SMILES string of the molecule is O=C/C=C/c1coc2cc(F)ccc12. The van der Waals surface area contributed by atoms with Crippen molar-refractivity contribution < 1.29 is 13.6 Å². The molecule has 2 aromatic rings. The number of aldehydes is 1. The van der Waals surface area contributed by atoms with E-state index in [-0.39, 0.29) is 5.82 Å². The first-order valence-corrected chi connectivity index (χ1v) is 4.10. The molecule has 1 aromatic carbocycles. The number of fused-ring (bicyclic) bond motifs is 1. The molecule has 0 aliphatic carbocycles. The second-order valence-electron chi connectivity index (χ2n) is 2.83. The van der Waals surface area contributed by atoms with Crippen LogP contribution in [-0.4, -0.2) is 6.29 Å². The summed E-state index contributed by atoms with van der Waals surface area (Å²) < 4.78 is 17.9. The smallest absolute Gasteiger partial charge is 0.142 e. The normalized spacial score (nSPS) is 11.2. The van der Waals surface area contributed by atoms with Gasteiger partial charge in [0.2, 0.25) is 0 Å². The molecule has 0 bridgehead atoms. The Morgan fingerprint density at radius 2 is 2.21 bits per heavy atom. The summed E-state index contributed by atoms with van der Waals surface area (Å²) in [5.74, 6) is -0.335. The zero-order valence-corrected chi connectivity index (χ0v) is 7.24. The van der Waals surface area contributed by atoms with Crippen LogP contribution in [0, 0.1) is 5.82 Å². The van der Waals surface area contributed by atoms with Crippen molar-refractivity contribution in [1.82, 2.24) is 0 Å². The second kappa shape index (κ2) is 3.46. The van der Waals surface area contributed by atoms with Crippen molar-refractivity contribution in [1.29, 1.82) is 0 Å². The van der Waals surface area contributed by atoms with E-state index in [1.165, 1.54) is 24.5 Å². The molecule has 2 rings (SSSR count). The number of halogens is 1. The first-order valence-electron chi connectivity index (χ1n) is 4.10. The summed E-state index contributed by atoms with van der Waals surface area (Å²) in [7, 11) is 0. The van der Waals surface area contributed by atoms with Gasteiger partial charge in [-0.1, -0.05) is 0 Å². The van der Waals surface area contributed by atoms with E-state index in [0.717, 1.165) is 10.9 Å². The lowest BCUT2D eigenvalue weighted by Crippen LogP contribution is -1.72. The van der Waals surface area contributed by atoms with Gasteiger partial charge in [-0.15, -0.1) is 0 Å². The molecule has 14 heavy (non-hydrogen) atoms. The van der Waals surface area contributed by atoms with E-state index < -0.39 is 0 Å². The molecule has 0 atom stereocenters. The molecule has 0 N–H and O–H groups in total. The maximum atomic E-state index is 12.8. The molecule has 0 aliphatic heterocycles. The van der Waals surface area contributed by atoms with E-state index in [2.05, 4.69) is 0 Å². The van der Waals surface area contributed by atoms with Gasteiger partial charge in [0.25, 0.3) is 0 Å². The van der Waals surface area contributed by atoms with Crippen molar-refractivity contribution in [2.75, 3.05) is 0 Å². The highest BCUT2D eigenvalue weighted by Crippen LogP contribution is 2.22. The van der Waals surface area contributed by atoms with E-state index in [1.807, 2.05) is 0 Å². The monoisotopic (exact) mass is 190 g/mol. The molecule has 0 fully saturated rings. The van der Waals surface area contributed by atoms with Gasteiger partial charge >= 0.3 is 0 Å². The van der Waals surface area contributed by atoms with Crippen molar-refractivity contribution >= 4 is 23.3 Å². The number of hydrogen-bond acceptors (Lipinski definition) is 2.